The number of thiazole rings is 1. The van der Waals surface area contributed by atoms with Gasteiger partial charge in [-0.05, 0) is 13.0 Å². The van der Waals surface area contributed by atoms with Crippen molar-refractivity contribution in [3.8, 4) is 0 Å². The average Bonchev–Trinajstić information content (AvgIpc) is 2.78. The molecule has 0 aliphatic carbocycles. The molecule has 2 aromatic heterocycles. The minimum atomic E-state index is -0.273. The van der Waals surface area contributed by atoms with E-state index >= 15 is 0 Å². The Morgan fingerprint density at radius 1 is 1.64 bits per heavy atom. The quantitative estimate of drug-likeness (QED) is 0.730. The van der Waals surface area contributed by atoms with Crippen molar-refractivity contribution in [2.45, 2.75) is 18.6 Å². The predicted octanol–water partition coefficient (Wildman–Crippen LogP) is 0.791. The standard InChI is InChI=1S/C9H11N3OS/c13-7-1-2-10-8(7)6-5-11-12-3-4-14-9(6)12/h3-5,7-8,10,13H,1-2H2. The molecule has 3 heterocycles. The minimum absolute atomic E-state index is 0.0612. The molecule has 0 bridgehead atoms. The molecular formula is C9H11N3OS. The summed E-state index contributed by atoms with van der Waals surface area (Å²) >= 11 is 1.66. The van der Waals surface area contributed by atoms with Crippen LogP contribution in [0, 0.1) is 0 Å². The molecule has 3 rings (SSSR count). The van der Waals surface area contributed by atoms with Crippen molar-refractivity contribution in [2.24, 2.45) is 0 Å². The van der Waals surface area contributed by atoms with Gasteiger partial charge in [-0.3, -0.25) is 0 Å². The number of nitrogens with zero attached hydrogens (tertiary/aromatic N) is 2. The van der Waals surface area contributed by atoms with Crippen LogP contribution in [-0.2, 0) is 0 Å². The Bertz CT molecular complexity index is 450. The van der Waals surface area contributed by atoms with Gasteiger partial charge in [0.25, 0.3) is 0 Å². The third kappa shape index (κ3) is 1.10. The normalized spacial score (nSPS) is 27.5. The molecule has 2 atom stereocenters. The number of nitrogens with one attached hydrogen (secondary N) is 1. The fourth-order valence-corrected chi connectivity index (χ4v) is 2.80. The molecule has 0 saturated carbocycles. The van der Waals surface area contributed by atoms with Crippen LogP contribution in [0.4, 0.5) is 0 Å². The molecule has 0 radical (unpaired) electrons. The van der Waals surface area contributed by atoms with Gasteiger partial charge >= 0.3 is 0 Å². The van der Waals surface area contributed by atoms with Crippen molar-refractivity contribution in [3.05, 3.63) is 23.3 Å². The summed E-state index contributed by atoms with van der Waals surface area (Å²) in [7, 11) is 0. The zero-order chi connectivity index (χ0) is 9.54. The first-order valence-corrected chi connectivity index (χ1v) is 5.56. The first kappa shape index (κ1) is 8.40. The van der Waals surface area contributed by atoms with Gasteiger partial charge < -0.3 is 10.4 Å². The van der Waals surface area contributed by atoms with Crippen LogP contribution in [0.25, 0.3) is 4.83 Å². The van der Waals surface area contributed by atoms with Gasteiger partial charge in [-0.15, -0.1) is 11.3 Å². The highest BCUT2D eigenvalue weighted by atomic mass is 32.1. The van der Waals surface area contributed by atoms with Gasteiger partial charge in [0, 0.05) is 17.1 Å². The lowest BCUT2D eigenvalue weighted by molar-refractivity contribution is 0.160. The van der Waals surface area contributed by atoms with Crippen LogP contribution in [0.1, 0.15) is 18.0 Å². The Labute approximate surface area is 85.2 Å². The Balaban J connectivity index is 2.08. The summed E-state index contributed by atoms with van der Waals surface area (Å²) in [5, 5.41) is 19.3. The lowest BCUT2D eigenvalue weighted by Gasteiger charge is -2.12. The Hall–Kier alpha value is -0.910. The summed E-state index contributed by atoms with van der Waals surface area (Å²) in [6.07, 6.45) is 4.33. The van der Waals surface area contributed by atoms with E-state index in [4.69, 9.17) is 0 Å². The summed E-state index contributed by atoms with van der Waals surface area (Å²) in [6, 6.07) is 0.0612. The van der Waals surface area contributed by atoms with Crippen molar-refractivity contribution in [1.82, 2.24) is 14.9 Å². The topological polar surface area (TPSA) is 49.6 Å². The Morgan fingerprint density at radius 3 is 3.36 bits per heavy atom. The van der Waals surface area contributed by atoms with E-state index in [2.05, 4.69) is 10.4 Å². The van der Waals surface area contributed by atoms with E-state index in [1.165, 1.54) is 0 Å². The molecule has 0 spiro atoms. The smallest absolute Gasteiger partial charge is 0.124 e. The number of aliphatic hydroxyl groups is 1. The number of aromatic nitrogens is 2. The monoisotopic (exact) mass is 209 g/mol. The molecule has 0 amide bonds. The van der Waals surface area contributed by atoms with Gasteiger partial charge in [0.1, 0.15) is 4.83 Å². The van der Waals surface area contributed by atoms with Gasteiger partial charge in [-0.2, -0.15) is 5.10 Å². The molecule has 2 unspecified atom stereocenters. The molecule has 1 aliphatic rings. The lowest BCUT2D eigenvalue weighted by Crippen LogP contribution is -2.20. The van der Waals surface area contributed by atoms with Gasteiger partial charge in [0.05, 0.1) is 18.3 Å². The van der Waals surface area contributed by atoms with E-state index in [1.807, 2.05) is 22.3 Å². The molecule has 2 N–H and O–H groups in total. The fourth-order valence-electron chi connectivity index (χ4n) is 1.97. The predicted molar refractivity (Wildman–Crippen MR) is 54.4 cm³/mol. The fraction of sp³-hybridized carbons (Fsp3) is 0.444. The maximum atomic E-state index is 9.76. The van der Waals surface area contributed by atoms with E-state index in [1.54, 1.807) is 11.3 Å². The van der Waals surface area contributed by atoms with E-state index in [0.717, 1.165) is 23.4 Å². The molecule has 0 aromatic carbocycles. The molecule has 1 aliphatic heterocycles. The molecule has 1 saturated heterocycles. The van der Waals surface area contributed by atoms with Gasteiger partial charge in [-0.1, -0.05) is 0 Å². The second kappa shape index (κ2) is 3.05. The Morgan fingerprint density at radius 2 is 2.57 bits per heavy atom. The van der Waals surface area contributed by atoms with Crippen LogP contribution in [0.3, 0.4) is 0 Å². The van der Waals surface area contributed by atoms with Crippen LogP contribution in [0.2, 0.25) is 0 Å². The number of aliphatic hydroxyl groups excluding tert-OH is 1. The maximum Gasteiger partial charge on any atom is 0.124 e. The van der Waals surface area contributed by atoms with E-state index in [9.17, 15) is 5.11 Å². The highest BCUT2D eigenvalue weighted by molar-refractivity contribution is 7.15. The summed E-state index contributed by atoms with van der Waals surface area (Å²) in [5.41, 5.74) is 1.12. The second-order valence-electron chi connectivity index (χ2n) is 3.54. The van der Waals surface area contributed by atoms with Gasteiger partial charge in [-0.25, -0.2) is 4.52 Å². The largest absolute Gasteiger partial charge is 0.391 e. The number of hydrogen-bond acceptors (Lipinski definition) is 4. The summed E-state index contributed by atoms with van der Waals surface area (Å²) in [6.45, 7) is 0.883. The summed E-state index contributed by atoms with van der Waals surface area (Å²) in [4.78, 5) is 1.13. The third-order valence-electron chi connectivity index (χ3n) is 2.68. The van der Waals surface area contributed by atoms with Crippen LogP contribution >= 0.6 is 11.3 Å². The van der Waals surface area contributed by atoms with Crippen LogP contribution in [-0.4, -0.2) is 27.4 Å². The maximum absolute atomic E-state index is 9.76. The van der Waals surface area contributed by atoms with Crippen LogP contribution < -0.4 is 5.32 Å². The molecule has 2 aromatic rings. The SMILES string of the molecule is OC1CCNC1c1cnn2ccsc12. The first-order chi connectivity index (χ1) is 6.86. The number of rotatable bonds is 1. The molecule has 74 valence electrons. The molecule has 1 fully saturated rings. The van der Waals surface area contributed by atoms with Crippen LogP contribution in [0.15, 0.2) is 17.8 Å². The summed E-state index contributed by atoms with van der Waals surface area (Å²) < 4.78 is 1.85. The molecular weight excluding hydrogens is 198 g/mol. The van der Waals surface area contributed by atoms with Crippen molar-refractivity contribution >= 4 is 16.2 Å². The molecule has 4 nitrogen and oxygen atoms in total. The number of fused-ring (bicyclic) bond motifs is 1. The molecule has 5 heteroatoms. The third-order valence-corrected chi connectivity index (χ3v) is 3.59. The van der Waals surface area contributed by atoms with E-state index in [0.29, 0.717) is 0 Å². The van der Waals surface area contributed by atoms with Crippen molar-refractivity contribution in [3.63, 3.8) is 0 Å². The number of hydrogen-bond donors (Lipinski definition) is 2. The zero-order valence-electron chi connectivity index (χ0n) is 7.55. The van der Waals surface area contributed by atoms with Gasteiger partial charge in [0.2, 0.25) is 0 Å². The highest BCUT2D eigenvalue weighted by Gasteiger charge is 2.28. The highest BCUT2D eigenvalue weighted by Crippen LogP contribution is 2.29. The Kier molecular flexibility index (Phi) is 1.83. The average molecular weight is 209 g/mol. The van der Waals surface area contributed by atoms with Gasteiger partial charge in [0.15, 0.2) is 0 Å². The molecule has 14 heavy (non-hydrogen) atoms. The zero-order valence-corrected chi connectivity index (χ0v) is 8.37. The van der Waals surface area contributed by atoms with Crippen LogP contribution in [0.5, 0.6) is 0 Å². The second-order valence-corrected chi connectivity index (χ2v) is 4.44. The first-order valence-electron chi connectivity index (χ1n) is 4.68. The van der Waals surface area contributed by atoms with E-state index < -0.39 is 0 Å². The van der Waals surface area contributed by atoms with Crippen molar-refractivity contribution < 1.29 is 5.11 Å². The van der Waals surface area contributed by atoms with Crippen molar-refractivity contribution in [1.29, 1.82) is 0 Å². The van der Waals surface area contributed by atoms with Crippen molar-refractivity contribution in [2.75, 3.05) is 6.54 Å². The van der Waals surface area contributed by atoms with E-state index in [-0.39, 0.29) is 12.1 Å². The lowest BCUT2D eigenvalue weighted by atomic mass is 10.1. The summed E-state index contributed by atoms with van der Waals surface area (Å²) in [5.74, 6) is 0. The minimum Gasteiger partial charge on any atom is -0.391 e.